The maximum absolute atomic E-state index is 13.3. The van der Waals surface area contributed by atoms with Crippen LogP contribution in [-0.2, 0) is 16.4 Å². The monoisotopic (exact) mass is 455 g/mol. The first-order chi connectivity index (χ1) is 14.9. The third-order valence-corrected chi connectivity index (χ3v) is 8.55. The van der Waals surface area contributed by atoms with Gasteiger partial charge in [-0.2, -0.15) is 0 Å². The molecule has 2 aliphatic heterocycles. The number of hydrogen-bond acceptors (Lipinski definition) is 5. The van der Waals surface area contributed by atoms with Gasteiger partial charge in [-0.25, -0.2) is 13.4 Å². The van der Waals surface area contributed by atoms with E-state index >= 15 is 0 Å². The number of para-hydroxylation sites is 1. The minimum absolute atomic E-state index is 0.0186. The molecule has 1 fully saturated rings. The fourth-order valence-electron chi connectivity index (χ4n) is 4.65. The summed E-state index contributed by atoms with van der Waals surface area (Å²) in [6, 6.07) is 13.6. The zero-order valence-electron chi connectivity index (χ0n) is 17.5. The predicted octanol–water partition coefficient (Wildman–Crippen LogP) is 4.03. The number of fused-ring (bicyclic) bond motifs is 2. The molecule has 0 unspecified atom stereocenters. The molecule has 5 rings (SSSR count). The van der Waals surface area contributed by atoms with Gasteiger partial charge in [0.2, 0.25) is 10.0 Å². The number of aromatic nitrogens is 1. The molecule has 0 spiro atoms. The van der Waals surface area contributed by atoms with E-state index in [1.165, 1.54) is 15.3 Å². The van der Waals surface area contributed by atoms with Crippen molar-refractivity contribution in [3.63, 3.8) is 0 Å². The smallest absolute Gasteiger partial charge is 0.253 e. The van der Waals surface area contributed by atoms with Crippen molar-refractivity contribution < 1.29 is 13.2 Å². The lowest BCUT2D eigenvalue weighted by molar-refractivity contribution is 0.0707. The standard InChI is InChI=1S/C23H25N3O3S2/c1-31(28,29)26-13-5-6-16-14-17(10-11-20(16)26)23(27)25-12-4-7-18(15-25)22-24-19-8-2-3-9-21(19)30-22/h2-3,8-11,14,18H,4-7,12-13,15H2,1H3/t18-/m1/s1. The number of carbonyl (C=O) groups excluding carboxylic acids is 1. The lowest BCUT2D eigenvalue weighted by Gasteiger charge is -2.33. The first-order valence-corrected chi connectivity index (χ1v) is 13.3. The van der Waals surface area contributed by atoms with Gasteiger partial charge in [0.05, 0.1) is 27.2 Å². The lowest BCUT2D eigenvalue weighted by atomic mass is 9.96. The Labute approximate surface area is 186 Å². The highest BCUT2D eigenvalue weighted by Crippen LogP contribution is 2.34. The zero-order valence-corrected chi connectivity index (χ0v) is 19.1. The highest BCUT2D eigenvalue weighted by Gasteiger charge is 2.29. The van der Waals surface area contributed by atoms with Crippen molar-refractivity contribution in [3.8, 4) is 0 Å². The molecule has 3 aromatic rings. The Morgan fingerprint density at radius 3 is 2.77 bits per heavy atom. The fraction of sp³-hybridized carbons (Fsp3) is 0.391. The Kier molecular flexibility index (Phi) is 5.22. The minimum atomic E-state index is -3.31. The van der Waals surface area contributed by atoms with E-state index < -0.39 is 10.0 Å². The highest BCUT2D eigenvalue weighted by atomic mass is 32.2. The Hall–Kier alpha value is -2.45. The second-order valence-electron chi connectivity index (χ2n) is 8.39. The summed E-state index contributed by atoms with van der Waals surface area (Å²) in [5.41, 5.74) is 3.30. The number of benzene rings is 2. The van der Waals surface area contributed by atoms with Crippen LogP contribution in [0.1, 0.15) is 46.1 Å². The van der Waals surface area contributed by atoms with E-state index in [2.05, 4.69) is 6.07 Å². The first-order valence-electron chi connectivity index (χ1n) is 10.7. The van der Waals surface area contributed by atoms with Crippen LogP contribution in [-0.4, -0.2) is 50.1 Å². The molecule has 0 aliphatic carbocycles. The summed E-state index contributed by atoms with van der Waals surface area (Å²) in [6.45, 7) is 1.91. The van der Waals surface area contributed by atoms with Crippen molar-refractivity contribution in [3.05, 3.63) is 58.6 Å². The van der Waals surface area contributed by atoms with E-state index in [9.17, 15) is 13.2 Å². The Morgan fingerprint density at radius 2 is 1.97 bits per heavy atom. The summed E-state index contributed by atoms with van der Waals surface area (Å²) in [5, 5.41) is 1.10. The summed E-state index contributed by atoms with van der Waals surface area (Å²) in [7, 11) is -3.31. The molecule has 2 aromatic carbocycles. The molecule has 1 amide bonds. The van der Waals surface area contributed by atoms with Gasteiger partial charge in [0.25, 0.3) is 5.91 Å². The number of rotatable bonds is 3. The van der Waals surface area contributed by atoms with Gasteiger partial charge in [-0.1, -0.05) is 12.1 Å². The van der Waals surface area contributed by atoms with E-state index in [0.717, 1.165) is 48.3 Å². The van der Waals surface area contributed by atoms with Crippen LogP contribution < -0.4 is 4.31 Å². The third-order valence-electron chi connectivity index (χ3n) is 6.17. The maximum Gasteiger partial charge on any atom is 0.253 e. The van der Waals surface area contributed by atoms with E-state index in [0.29, 0.717) is 24.3 Å². The molecule has 1 atom stereocenters. The molecule has 0 radical (unpaired) electrons. The number of piperidine rings is 1. The van der Waals surface area contributed by atoms with Gasteiger partial charge >= 0.3 is 0 Å². The average Bonchev–Trinajstić information content (AvgIpc) is 3.22. The number of amides is 1. The maximum atomic E-state index is 13.3. The minimum Gasteiger partial charge on any atom is -0.338 e. The predicted molar refractivity (Wildman–Crippen MR) is 124 cm³/mol. The van der Waals surface area contributed by atoms with E-state index in [-0.39, 0.29) is 11.8 Å². The Bertz CT molecular complexity index is 1220. The van der Waals surface area contributed by atoms with Crippen molar-refractivity contribution in [2.45, 2.75) is 31.6 Å². The summed E-state index contributed by atoms with van der Waals surface area (Å²) < 4.78 is 26.8. The molecule has 0 bridgehead atoms. The molecule has 3 heterocycles. The van der Waals surface area contributed by atoms with E-state index in [1.54, 1.807) is 23.5 Å². The second-order valence-corrected chi connectivity index (χ2v) is 11.4. The topological polar surface area (TPSA) is 70.6 Å². The average molecular weight is 456 g/mol. The van der Waals surface area contributed by atoms with Crippen molar-refractivity contribution in [2.75, 3.05) is 30.2 Å². The van der Waals surface area contributed by atoms with Gasteiger partial charge in [0.15, 0.2) is 0 Å². The molecular formula is C23H25N3O3S2. The van der Waals surface area contributed by atoms with Gasteiger partial charge in [0, 0.05) is 31.1 Å². The number of thiazole rings is 1. The zero-order chi connectivity index (χ0) is 21.6. The van der Waals surface area contributed by atoms with E-state index in [4.69, 9.17) is 4.98 Å². The summed E-state index contributed by atoms with van der Waals surface area (Å²) in [4.78, 5) is 20.0. The molecular weight excluding hydrogens is 430 g/mol. The first kappa shape index (κ1) is 20.5. The van der Waals surface area contributed by atoms with Crippen molar-refractivity contribution in [2.24, 2.45) is 0 Å². The number of sulfonamides is 1. The van der Waals surface area contributed by atoms with Crippen LogP contribution in [0.3, 0.4) is 0 Å². The lowest BCUT2D eigenvalue weighted by Crippen LogP contribution is -2.39. The quantitative estimate of drug-likeness (QED) is 0.598. The van der Waals surface area contributed by atoms with Crippen molar-refractivity contribution in [1.82, 2.24) is 9.88 Å². The number of aryl methyl sites for hydroxylation is 1. The summed E-state index contributed by atoms with van der Waals surface area (Å²) in [5.74, 6) is 0.276. The van der Waals surface area contributed by atoms with Gasteiger partial charge < -0.3 is 4.90 Å². The van der Waals surface area contributed by atoms with Crippen molar-refractivity contribution >= 4 is 43.2 Å². The number of hydrogen-bond donors (Lipinski definition) is 0. The third kappa shape index (κ3) is 3.94. The van der Waals surface area contributed by atoms with Gasteiger partial charge in [-0.3, -0.25) is 9.10 Å². The van der Waals surface area contributed by atoms with Crippen LogP contribution in [0, 0.1) is 0 Å². The summed E-state index contributed by atoms with van der Waals surface area (Å²) in [6.07, 6.45) is 4.78. The van der Waals surface area contributed by atoms with Crippen LogP contribution in [0.4, 0.5) is 5.69 Å². The molecule has 162 valence electrons. The van der Waals surface area contributed by atoms with Crippen LogP contribution >= 0.6 is 11.3 Å². The molecule has 0 saturated carbocycles. The molecule has 2 aliphatic rings. The van der Waals surface area contributed by atoms with Gasteiger partial charge in [-0.05, 0) is 61.6 Å². The van der Waals surface area contributed by atoms with Crippen LogP contribution in [0.25, 0.3) is 10.2 Å². The van der Waals surface area contributed by atoms with Gasteiger partial charge in [-0.15, -0.1) is 11.3 Å². The number of anilines is 1. The fourth-order valence-corrected chi connectivity index (χ4v) is 6.74. The molecule has 1 aromatic heterocycles. The SMILES string of the molecule is CS(=O)(=O)N1CCCc2cc(C(=O)N3CCC[C@@H](c4nc5ccccc5s4)C3)ccc21. The molecule has 31 heavy (non-hydrogen) atoms. The Morgan fingerprint density at radius 1 is 1.13 bits per heavy atom. The van der Waals surface area contributed by atoms with E-state index in [1.807, 2.05) is 29.2 Å². The second kappa shape index (κ2) is 7.91. The molecule has 1 saturated heterocycles. The molecule has 8 heteroatoms. The number of nitrogens with zero attached hydrogens (tertiary/aromatic N) is 3. The number of likely N-dealkylation sites (tertiary alicyclic amines) is 1. The van der Waals surface area contributed by atoms with Crippen LogP contribution in [0.5, 0.6) is 0 Å². The Balaban J connectivity index is 1.37. The largest absolute Gasteiger partial charge is 0.338 e. The normalized spacial score (nSPS) is 19.5. The highest BCUT2D eigenvalue weighted by molar-refractivity contribution is 7.92. The number of carbonyl (C=O) groups is 1. The van der Waals surface area contributed by atoms with Crippen LogP contribution in [0.2, 0.25) is 0 Å². The van der Waals surface area contributed by atoms with Crippen LogP contribution in [0.15, 0.2) is 42.5 Å². The van der Waals surface area contributed by atoms with Crippen molar-refractivity contribution in [1.29, 1.82) is 0 Å². The van der Waals surface area contributed by atoms with Gasteiger partial charge in [0.1, 0.15) is 0 Å². The molecule has 0 N–H and O–H groups in total. The molecule has 6 nitrogen and oxygen atoms in total. The summed E-state index contributed by atoms with van der Waals surface area (Å²) >= 11 is 1.72.